The van der Waals surface area contributed by atoms with Crippen molar-refractivity contribution < 1.29 is 14.3 Å². The number of nitrogens with zero attached hydrogens (tertiary/aromatic N) is 3. The van der Waals surface area contributed by atoms with Crippen LogP contribution in [0.3, 0.4) is 0 Å². The van der Waals surface area contributed by atoms with Gasteiger partial charge in [0, 0.05) is 36.8 Å². The molecular formula is C17H25BrN4O3. The van der Waals surface area contributed by atoms with Crippen LogP contribution >= 0.6 is 15.9 Å². The van der Waals surface area contributed by atoms with Crippen LogP contribution in [0.1, 0.15) is 20.3 Å². The summed E-state index contributed by atoms with van der Waals surface area (Å²) in [7, 11) is 0. The van der Waals surface area contributed by atoms with Gasteiger partial charge in [-0.05, 0) is 40.4 Å². The molecule has 1 saturated heterocycles. The van der Waals surface area contributed by atoms with Crippen LogP contribution in [0.5, 0.6) is 0 Å². The maximum Gasteiger partial charge on any atom is 0.409 e. The van der Waals surface area contributed by atoms with Gasteiger partial charge in [-0.15, -0.1) is 0 Å². The van der Waals surface area contributed by atoms with Crippen molar-refractivity contribution in [3.63, 3.8) is 0 Å². The Bertz CT molecular complexity index is 580. The molecule has 1 N–H and O–H groups in total. The number of amides is 2. The lowest BCUT2D eigenvalue weighted by atomic mass is 10.2. The van der Waals surface area contributed by atoms with Gasteiger partial charge in [-0.1, -0.05) is 13.8 Å². The van der Waals surface area contributed by atoms with Crippen LogP contribution in [0.15, 0.2) is 22.8 Å². The lowest BCUT2D eigenvalue weighted by Gasteiger charge is -2.21. The largest absolute Gasteiger partial charge is 0.449 e. The van der Waals surface area contributed by atoms with Crippen LogP contribution in [0.4, 0.5) is 10.6 Å². The zero-order valence-corrected chi connectivity index (χ0v) is 16.3. The van der Waals surface area contributed by atoms with Gasteiger partial charge in [-0.2, -0.15) is 0 Å². The molecule has 138 valence electrons. The summed E-state index contributed by atoms with van der Waals surface area (Å²) in [6, 6.07) is 3.58. The van der Waals surface area contributed by atoms with Crippen molar-refractivity contribution in [2.24, 2.45) is 5.92 Å². The smallest absolute Gasteiger partial charge is 0.409 e. The molecule has 1 aromatic heterocycles. The van der Waals surface area contributed by atoms with E-state index in [0.717, 1.165) is 17.4 Å². The third kappa shape index (κ3) is 6.99. The fourth-order valence-electron chi connectivity index (χ4n) is 2.48. The summed E-state index contributed by atoms with van der Waals surface area (Å²) in [6.45, 7) is 7.39. The monoisotopic (exact) mass is 412 g/mol. The van der Waals surface area contributed by atoms with Gasteiger partial charge in [0.15, 0.2) is 0 Å². The molecular weight excluding hydrogens is 388 g/mol. The minimum atomic E-state index is -0.265. The first-order valence-electron chi connectivity index (χ1n) is 8.49. The maximum atomic E-state index is 12.2. The number of anilines is 1. The molecule has 0 aliphatic carbocycles. The molecule has 2 rings (SSSR count). The van der Waals surface area contributed by atoms with Crippen molar-refractivity contribution in [1.82, 2.24) is 14.8 Å². The molecule has 0 atom stereocenters. The van der Waals surface area contributed by atoms with E-state index in [1.165, 1.54) is 0 Å². The second-order valence-electron chi connectivity index (χ2n) is 6.50. The molecule has 2 heterocycles. The number of pyridine rings is 1. The van der Waals surface area contributed by atoms with Crippen LogP contribution in [0.25, 0.3) is 0 Å². The summed E-state index contributed by atoms with van der Waals surface area (Å²) in [6.07, 6.45) is 2.20. The van der Waals surface area contributed by atoms with Crippen molar-refractivity contribution >= 4 is 33.7 Å². The highest BCUT2D eigenvalue weighted by atomic mass is 79.9. The molecule has 0 spiro atoms. The summed E-state index contributed by atoms with van der Waals surface area (Å²) < 4.78 is 6.14. The van der Waals surface area contributed by atoms with Crippen molar-refractivity contribution in [2.75, 3.05) is 44.6 Å². The first kappa shape index (κ1) is 19.7. The van der Waals surface area contributed by atoms with Crippen molar-refractivity contribution in [3.8, 4) is 0 Å². The molecule has 25 heavy (non-hydrogen) atoms. The third-order valence-electron chi connectivity index (χ3n) is 3.75. The van der Waals surface area contributed by atoms with E-state index in [1.54, 1.807) is 17.2 Å². The lowest BCUT2D eigenvalue weighted by molar-refractivity contribution is -0.117. The second-order valence-corrected chi connectivity index (χ2v) is 7.41. The number of carbonyl (C=O) groups excluding carboxylic acids is 2. The number of halogens is 1. The van der Waals surface area contributed by atoms with Gasteiger partial charge < -0.3 is 15.0 Å². The molecule has 7 nitrogen and oxygen atoms in total. The highest BCUT2D eigenvalue weighted by Gasteiger charge is 2.21. The van der Waals surface area contributed by atoms with E-state index in [1.807, 2.05) is 24.8 Å². The topological polar surface area (TPSA) is 74.8 Å². The number of hydrogen-bond acceptors (Lipinski definition) is 5. The van der Waals surface area contributed by atoms with Crippen molar-refractivity contribution in [3.05, 3.63) is 22.8 Å². The Morgan fingerprint density at radius 3 is 2.76 bits per heavy atom. The molecule has 0 aromatic carbocycles. The van der Waals surface area contributed by atoms with Crippen LogP contribution in [-0.4, -0.2) is 66.1 Å². The summed E-state index contributed by atoms with van der Waals surface area (Å²) in [5, 5.41) is 2.79. The van der Waals surface area contributed by atoms with Crippen LogP contribution < -0.4 is 5.32 Å². The average molecular weight is 413 g/mol. The SMILES string of the molecule is CC(C)COC(=O)N1CCCN(CC(=O)Nc2ccc(Br)cn2)CC1. The Morgan fingerprint density at radius 2 is 2.08 bits per heavy atom. The van der Waals surface area contributed by atoms with Gasteiger partial charge in [0.25, 0.3) is 0 Å². The van der Waals surface area contributed by atoms with Crippen LogP contribution in [-0.2, 0) is 9.53 Å². The quantitative estimate of drug-likeness (QED) is 0.803. The van der Waals surface area contributed by atoms with Gasteiger partial charge in [-0.3, -0.25) is 9.69 Å². The molecule has 0 saturated carbocycles. The number of hydrogen-bond donors (Lipinski definition) is 1. The first-order valence-corrected chi connectivity index (χ1v) is 9.29. The van der Waals surface area contributed by atoms with Crippen LogP contribution in [0.2, 0.25) is 0 Å². The Balaban J connectivity index is 1.77. The Kier molecular flexibility index (Phi) is 7.64. The number of aromatic nitrogens is 1. The molecule has 1 aromatic rings. The van der Waals surface area contributed by atoms with E-state index in [-0.39, 0.29) is 18.5 Å². The van der Waals surface area contributed by atoms with Gasteiger partial charge in [0.05, 0.1) is 13.2 Å². The van der Waals surface area contributed by atoms with E-state index in [9.17, 15) is 9.59 Å². The molecule has 0 radical (unpaired) electrons. The Hall–Kier alpha value is -1.67. The Labute approximate surface area is 156 Å². The zero-order valence-electron chi connectivity index (χ0n) is 14.7. The van der Waals surface area contributed by atoms with Gasteiger partial charge >= 0.3 is 6.09 Å². The van der Waals surface area contributed by atoms with E-state index in [0.29, 0.717) is 38.0 Å². The molecule has 1 fully saturated rings. The number of carbonyl (C=O) groups is 2. The summed E-state index contributed by atoms with van der Waals surface area (Å²) >= 11 is 3.31. The summed E-state index contributed by atoms with van der Waals surface area (Å²) in [5.74, 6) is 0.746. The summed E-state index contributed by atoms with van der Waals surface area (Å²) in [4.78, 5) is 32.1. The minimum Gasteiger partial charge on any atom is -0.449 e. The molecule has 1 aliphatic heterocycles. The van der Waals surface area contributed by atoms with E-state index >= 15 is 0 Å². The molecule has 0 unspecified atom stereocenters. The predicted octanol–water partition coefficient (Wildman–Crippen LogP) is 2.58. The van der Waals surface area contributed by atoms with E-state index in [4.69, 9.17) is 4.74 Å². The van der Waals surface area contributed by atoms with Gasteiger partial charge in [-0.25, -0.2) is 9.78 Å². The fourth-order valence-corrected chi connectivity index (χ4v) is 2.71. The van der Waals surface area contributed by atoms with Gasteiger partial charge in [0.1, 0.15) is 5.82 Å². The molecule has 0 bridgehead atoms. The fraction of sp³-hybridized carbons (Fsp3) is 0.588. The predicted molar refractivity (Wildman–Crippen MR) is 99.4 cm³/mol. The number of nitrogens with one attached hydrogen (secondary N) is 1. The first-order chi connectivity index (χ1) is 11.9. The Morgan fingerprint density at radius 1 is 1.28 bits per heavy atom. The van der Waals surface area contributed by atoms with Crippen molar-refractivity contribution in [1.29, 1.82) is 0 Å². The molecule has 8 heteroatoms. The van der Waals surface area contributed by atoms with E-state index < -0.39 is 0 Å². The highest BCUT2D eigenvalue weighted by Crippen LogP contribution is 2.11. The number of rotatable bonds is 5. The summed E-state index contributed by atoms with van der Waals surface area (Å²) in [5.41, 5.74) is 0. The second kappa shape index (κ2) is 9.72. The maximum absolute atomic E-state index is 12.2. The standard InChI is InChI=1S/C17H25BrN4O3/c1-13(2)12-25-17(24)22-7-3-6-21(8-9-22)11-16(23)20-15-5-4-14(18)10-19-15/h4-5,10,13H,3,6-9,11-12H2,1-2H3,(H,19,20,23). The average Bonchev–Trinajstić information content (AvgIpc) is 2.80. The van der Waals surface area contributed by atoms with Crippen molar-refractivity contribution in [2.45, 2.75) is 20.3 Å². The zero-order chi connectivity index (χ0) is 18.2. The highest BCUT2D eigenvalue weighted by molar-refractivity contribution is 9.10. The third-order valence-corrected chi connectivity index (χ3v) is 4.22. The van der Waals surface area contributed by atoms with E-state index in [2.05, 4.69) is 26.2 Å². The number of ether oxygens (including phenoxy) is 1. The normalized spacial score (nSPS) is 15.8. The molecule has 2 amide bonds. The van der Waals surface area contributed by atoms with Crippen LogP contribution in [0, 0.1) is 5.92 Å². The lowest BCUT2D eigenvalue weighted by Crippen LogP contribution is -2.38. The molecule has 1 aliphatic rings. The van der Waals surface area contributed by atoms with Gasteiger partial charge in [0.2, 0.25) is 5.91 Å². The minimum absolute atomic E-state index is 0.106.